The van der Waals surface area contributed by atoms with Crippen molar-refractivity contribution in [2.45, 2.75) is 381 Å². The quantitative estimate of drug-likeness (QED) is 0.0222. The minimum absolute atomic E-state index is 0.105. The van der Waals surface area contributed by atoms with Crippen molar-refractivity contribution >= 4 is 39.5 Å². The maximum atomic E-state index is 13.0. The molecule has 534 valence electrons. The zero-order chi connectivity index (χ0) is 66.5. The lowest BCUT2D eigenvalue weighted by molar-refractivity contribution is -0.161. The maximum absolute atomic E-state index is 13.0. The van der Waals surface area contributed by atoms with Crippen molar-refractivity contribution in [3.8, 4) is 0 Å². The van der Waals surface area contributed by atoms with Crippen LogP contribution in [0.1, 0.15) is 363 Å². The highest BCUT2D eigenvalue weighted by atomic mass is 31.2. The van der Waals surface area contributed by atoms with Crippen molar-refractivity contribution in [1.82, 2.24) is 0 Å². The van der Waals surface area contributed by atoms with Gasteiger partial charge in [0, 0.05) is 25.7 Å². The first-order chi connectivity index (χ1) is 43.4. The third-order valence-corrected chi connectivity index (χ3v) is 18.7. The molecule has 0 heterocycles. The summed E-state index contributed by atoms with van der Waals surface area (Å²) >= 11 is 0. The summed E-state index contributed by atoms with van der Waals surface area (Å²) in [6.45, 7) is 9.55. The number of unbranched alkanes of at least 4 members (excludes halogenated alkanes) is 39. The number of hydrogen-bond acceptors (Lipinski definition) is 15. The monoisotopic (exact) mass is 1320 g/mol. The third kappa shape index (κ3) is 63.5. The summed E-state index contributed by atoms with van der Waals surface area (Å²) in [4.78, 5) is 72.5. The number of rotatable bonds is 70. The van der Waals surface area contributed by atoms with Gasteiger partial charge in [-0.15, -0.1) is 0 Å². The molecule has 0 rings (SSSR count). The lowest BCUT2D eigenvalue weighted by Crippen LogP contribution is -2.30. The van der Waals surface area contributed by atoms with Gasteiger partial charge in [0.05, 0.1) is 26.4 Å². The summed E-state index contributed by atoms with van der Waals surface area (Å²) in [6, 6.07) is 0. The fourth-order valence-electron chi connectivity index (χ4n) is 10.7. The minimum atomic E-state index is -4.95. The number of esters is 4. The summed E-state index contributed by atoms with van der Waals surface area (Å²) in [5, 5.41) is 10.6. The van der Waals surface area contributed by atoms with Gasteiger partial charge in [0.2, 0.25) is 0 Å². The molecule has 0 amide bonds. The Balaban J connectivity index is 5.22. The first-order valence-corrected chi connectivity index (χ1v) is 40.0. The van der Waals surface area contributed by atoms with Crippen LogP contribution >= 0.6 is 15.6 Å². The molecule has 0 saturated heterocycles. The van der Waals surface area contributed by atoms with Crippen molar-refractivity contribution in [1.29, 1.82) is 0 Å². The van der Waals surface area contributed by atoms with Crippen LogP contribution in [0.2, 0.25) is 0 Å². The fourth-order valence-corrected chi connectivity index (χ4v) is 12.3. The van der Waals surface area contributed by atoms with Gasteiger partial charge < -0.3 is 33.8 Å². The molecule has 90 heavy (non-hydrogen) atoms. The highest BCUT2D eigenvalue weighted by molar-refractivity contribution is 7.47. The second-order valence-electron chi connectivity index (χ2n) is 26.3. The second kappa shape index (κ2) is 63.1. The molecule has 0 aliphatic rings. The number of aliphatic hydroxyl groups is 1. The van der Waals surface area contributed by atoms with Crippen LogP contribution in [-0.2, 0) is 65.4 Å². The number of ether oxygens (including phenoxy) is 4. The van der Waals surface area contributed by atoms with E-state index >= 15 is 0 Å². The lowest BCUT2D eigenvalue weighted by atomic mass is 9.99. The number of aliphatic hydroxyl groups excluding tert-OH is 1. The van der Waals surface area contributed by atoms with E-state index in [9.17, 15) is 43.2 Å². The van der Waals surface area contributed by atoms with Crippen molar-refractivity contribution < 1.29 is 80.2 Å². The van der Waals surface area contributed by atoms with Crippen LogP contribution in [0, 0.1) is 11.8 Å². The highest BCUT2D eigenvalue weighted by Crippen LogP contribution is 2.45. The Kier molecular flexibility index (Phi) is 61.8. The number of hydrogen-bond donors (Lipinski definition) is 3. The number of phosphoric ester groups is 2. The van der Waals surface area contributed by atoms with Gasteiger partial charge in [-0.05, 0) is 37.5 Å². The summed E-state index contributed by atoms with van der Waals surface area (Å²) in [5.74, 6) is -0.560. The Labute approximate surface area is 549 Å². The molecule has 0 aromatic heterocycles. The molecule has 0 aromatic carbocycles. The predicted octanol–water partition coefficient (Wildman–Crippen LogP) is 20.4. The van der Waals surface area contributed by atoms with Crippen molar-refractivity contribution in [2.75, 3.05) is 39.6 Å². The number of carbonyl (C=O) groups excluding carboxylic acids is 4. The summed E-state index contributed by atoms with van der Waals surface area (Å²) in [6.07, 6.45) is 48.5. The SMILES string of the molecule is CCCCCCCCCCCCCCC(=O)OC[C@H](COP(=O)(O)OC[C@@H](O)COP(=O)(O)OC[C@@H](COC(=O)CCCCCCCCCCC)OC(=O)CCCCCCCCCCC(C)C)OC(=O)CCCCCCCCCCCCCCCCC(C)CC. The van der Waals surface area contributed by atoms with Crippen LogP contribution < -0.4 is 0 Å². The normalized spacial score (nSPS) is 14.4. The molecule has 0 aliphatic heterocycles. The van der Waals surface area contributed by atoms with Crippen LogP contribution in [0.25, 0.3) is 0 Å². The Morgan fingerprint density at radius 1 is 0.322 bits per heavy atom. The third-order valence-electron chi connectivity index (χ3n) is 16.8. The Bertz CT molecular complexity index is 1750. The van der Waals surface area contributed by atoms with Crippen molar-refractivity contribution in [3.63, 3.8) is 0 Å². The van der Waals surface area contributed by atoms with Gasteiger partial charge in [0.1, 0.15) is 19.3 Å². The zero-order valence-corrected chi connectivity index (χ0v) is 60.2. The van der Waals surface area contributed by atoms with Gasteiger partial charge in [0.25, 0.3) is 0 Å². The molecule has 0 radical (unpaired) electrons. The van der Waals surface area contributed by atoms with E-state index in [-0.39, 0.29) is 25.7 Å². The molecule has 0 aliphatic carbocycles. The van der Waals surface area contributed by atoms with E-state index in [1.807, 2.05) is 0 Å². The van der Waals surface area contributed by atoms with Gasteiger partial charge in [-0.1, -0.05) is 311 Å². The molecule has 19 heteroatoms. The molecule has 17 nitrogen and oxygen atoms in total. The molecule has 0 spiro atoms. The number of carbonyl (C=O) groups is 4. The first kappa shape index (κ1) is 88.1. The van der Waals surface area contributed by atoms with Crippen LogP contribution in [0.3, 0.4) is 0 Å². The molecular weight excluding hydrogens is 1190 g/mol. The molecular formula is C71H138O17P2. The van der Waals surface area contributed by atoms with Crippen LogP contribution in [0.5, 0.6) is 0 Å². The summed E-state index contributed by atoms with van der Waals surface area (Å²) in [5.41, 5.74) is 0. The van der Waals surface area contributed by atoms with Crippen LogP contribution in [0.15, 0.2) is 0 Å². The Hall–Kier alpha value is -1.94. The van der Waals surface area contributed by atoms with Gasteiger partial charge in [-0.2, -0.15) is 0 Å². The standard InChI is InChI=1S/C71H138O17P2/c1-7-10-12-14-16-18-19-25-29-36-42-48-54-69(74)82-60-66(87-70(75)55-49-43-37-30-26-23-21-20-22-24-28-34-40-46-52-64(6)9-3)61-85-89(77,78)83-57-65(72)58-84-90(79,80)86-62-67(59-81-68(73)53-47-41-35-27-17-15-13-11-8-2)88-71(76)56-50-44-38-32-31-33-39-45-51-63(4)5/h63-67,72H,7-62H2,1-6H3,(H,77,78)(H,79,80)/t64?,65-,66-,67-/m1/s1. The van der Waals surface area contributed by atoms with Crippen LogP contribution in [-0.4, -0.2) is 96.7 Å². The van der Waals surface area contributed by atoms with Crippen molar-refractivity contribution in [2.24, 2.45) is 11.8 Å². The van der Waals surface area contributed by atoms with Crippen molar-refractivity contribution in [3.05, 3.63) is 0 Å². The summed E-state index contributed by atoms with van der Waals surface area (Å²) in [7, 11) is -9.90. The second-order valence-corrected chi connectivity index (χ2v) is 29.3. The average molecular weight is 1330 g/mol. The fraction of sp³-hybridized carbons (Fsp3) is 0.944. The summed E-state index contributed by atoms with van der Waals surface area (Å²) < 4.78 is 68.3. The van der Waals surface area contributed by atoms with E-state index in [1.54, 1.807) is 0 Å². The lowest BCUT2D eigenvalue weighted by Gasteiger charge is -2.21. The molecule has 3 N–H and O–H groups in total. The average Bonchev–Trinajstić information content (AvgIpc) is 3.33. The maximum Gasteiger partial charge on any atom is 0.472 e. The van der Waals surface area contributed by atoms with E-state index in [1.165, 1.54) is 180 Å². The topological polar surface area (TPSA) is 237 Å². The Morgan fingerprint density at radius 3 is 0.844 bits per heavy atom. The van der Waals surface area contributed by atoms with E-state index in [4.69, 9.17) is 37.0 Å². The number of phosphoric acid groups is 2. The predicted molar refractivity (Wildman–Crippen MR) is 363 cm³/mol. The molecule has 0 aromatic rings. The molecule has 0 bridgehead atoms. The minimum Gasteiger partial charge on any atom is -0.462 e. The smallest absolute Gasteiger partial charge is 0.462 e. The van der Waals surface area contributed by atoms with E-state index in [2.05, 4.69) is 41.5 Å². The molecule has 3 unspecified atom stereocenters. The van der Waals surface area contributed by atoms with E-state index < -0.39 is 97.5 Å². The Morgan fingerprint density at radius 2 is 0.567 bits per heavy atom. The van der Waals surface area contributed by atoms with Gasteiger partial charge >= 0.3 is 39.5 Å². The largest absolute Gasteiger partial charge is 0.472 e. The van der Waals surface area contributed by atoms with Crippen LogP contribution in [0.4, 0.5) is 0 Å². The highest BCUT2D eigenvalue weighted by Gasteiger charge is 2.30. The van der Waals surface area contributed by atoms with E-state index in [0.717, 1.165) is 102 Å². The zero-order valence-electron chi connectivity index (χ0n) is 58.4. The van der Waals surface area contributed by atoms with Gasteiger partial charge in [0.15, 0.2) is 12.2 Å². The van der Waals surface area contributed by atoms with Gasteiger partial charge in [-0.25, -0.2) is 9.13 Å². The van der Waals surface area contributed by atoms with Gasteiger partial charge in [-0.3, -0.25) is 37.3 Å². The van der Waals surface area contributed by atoms with E-state index in [0.29, 0.717) is 25.7 Å². The first-order valence-electron chi connectivity index (χ1n) is 37.0. The molecule has 0 fully saturated rings. The molecule has 6 atom stereocenters. The molecule has 0 saturated carbocycles.